The van der Waals surface area contributed by atoms with Gasteiger partial charge in [0.1, 0.15) is 18.0 Å². The molecule has 0 saturated heterocycles. The van der Waals surface area contributed by atoms with Crippen LogP contribution in [0.15, 0.2) is 24.4 Å². The molecule has 1 aromatic heterocycles. The highest BCUT2D eigenvalue weighted by Crippen LogP contribution is 2.22. The Labute approximate surface area is 171 Å². The molecule has 0 unspecified atom stereocenters. The van der Waals surface area contributed by atoms with Crippen LogP contribution < -0.4 is 5.32 Å². The summed E-state index contributed by atoms with van der Waals surface area (Å²) < 4.78 is 19.2. The Morgan fingerprint density at radius 3 is 2.77 bits per heavy atom. The van der Waals surface area contributed by atoms with Crippen LogP contribution in [-0.2, 0) is 25.5 Å². The van der Waals surface area contributed by atoms with Crippen molar-refractivity contribution < 1.29 is 33.4 Å². The number of amides is 1. The van der Waals surface area contributed by atoms with Gasteiger partial charge in [-0.3, -0.25) is 9.59 Å². The summed E-state index contributed by atoms with van der Waals surface area (Å²) in [5.41, 5.74) is 7.60. The van der Waals surface area contributed by atoms with Crippen LogP contribution in [0.2, 0.25) is 0 Å². The van der Waals surface area contributed by atoms with Crippen molar-refractivity contribution in [3.8, 4) is 0 Å². The SMILES string of the molecule is CC(C)OC(=O)[C@H](CCC(=O)C=[N+]=N)NC(=O)[C@@H](O)Cc1c[nH]c2cccc(F)c12. The quantitative estimate of drug-likeness (QED) is 0.198. The second-order valence-electron chi connectivity index (χ2n) is 7.01. The van der Waals surface area contributed by atoms with Crippen LogP contribution in [0.5, 0.6) is 0 Å². The number of carbonyl (C=O) groups is 3. The van der Waals surface area contributed by atoms with Gasteiger partial charge in [0, 0.05) is 29.9 Å². The number of nitrogens with one attached hydrogen (secondary N) is 3. The van der Waals surface area contributed by atoms with Crippen LogP contribution in [0.4, 0.5) is 4.39 Å². The van der Waals surface area contributed by atoms with E-state index in [-0.39, 0.29) is 24.6 Å². The number of halogens is 1. The number of rotatable bonds is 10. The summed E-state index contributed by atoms with van der Waals surface area (Å²) in [6.07, 6.45) is -0.102. The minimum absolute atomic E-state index is 0.0867. The van der Waals surface area contributed by atoms with Gasteiger partial charge in [-0.1, -0.05) is 6.07 Å². The van der Waals surface area contributed by atoms with Gasteiger partial charge in [-0.15, -0.1) is 0 Å². The fourth-order valence-electron chi connectivity index (χ4n) is 2.92. The summed E-state index contributed by atoms with van der Waals surface area (Å²) in [6.45, 7) is 3.27. The molecular formula is C20H24FN4O5+. The van der Waals surface area contributed by atoms with Crippen LogP contribution >= 0.6 is 0 Å². The largest absolute Gasteiger partial charge is 0.461 e. The van der Waals surface area contributed by atoms with Crippen LogP contribution in [0.25, 0.3) is 10.9 Å². The highest BCUT2D eigenvalue weighted by Gasteiger charge is 2.28. The fraction of sp³-hybridized carbons (Fsp3) is 0.400. The zero-order valence-corrected chi connectivity index (χ0v) is 16.6. The minimum Gasteiger partial charge on any atom is -0.461 e. The molecule has 1 amide bonds. The molecule has 4 N–H and O–H groups in total. The molecule has 160 valence electrons. The number of fused-ring (bicyclic) bond motifs is 1. The number of carbonyl (C=O) groups excluding carboxylic acids is 3. The van der Waals surface area contributed by atoms with Crippen molar-refractivity contribution in [1.29, 1.82) is 5.53 Å². The molecule has 2 atom stereocenters. The Bertz CT molecular complexity index is 981. The molecule has 0 spiro atoms. The van der Waals surface area contributed by atoms with Gasteiger partial charge in [0.15, 0.2) is 0 Å². The van der Waals surface area contributed by atoms with E-state index >= 15 is 0 Å². The molecule has 0 radical (unpaired) electrons. The van der Waals surface area contributed by atoms with Crippen molar-refractivity contribution in [3.05, 3.63) is 35.8 Å². The van der Waals surface area contributed by atoms with Gasteiger partial charge in [-0.25, -0.2) is 9.18 Å². The van der Waals surface area contributed by atoms with Gasteiger partial charge >= 0.3 is 12.2 Å². The second-order valence-corrected chi connectivity index (χ2v) is 7.01. The molecule has 1 heterocycles. The zero-order valence-electron chi connectivity index (χ0n) is 16.6. The molecule has 10 heteroatoms. The monoisotopic (exact) mass is 419 g/mol. The van der Waals surface area contributed by atoms with Gasteiger partial charge in [-0.05, 0) is 38.0 Å². The smallest absolute Gasteiger partial charge is 0.372 e. The summed E-state index contributed by atoms with van der Waals surface area (Å²) in [6, 6.07) is 3.32. The lowest BCUT2D eigenvalue weighted by Gasteiger charge is -2.20. The summed E-state index contributed by atoms with van der Waals surface area (Å²) in [4.78, 5) is 42.0. The number of nitrogens with zero attached hydrogens (tertiary/aromatic N) is 1. The Balaban J connectivity index is 2.09. The summed E-state index contributed by atoms with van der Waals surface area (Å²) in [7, 11) is 0. The Hall–Kier alpha value is -3.36. The number of ether oxygens (including phenoxy) is 1. The first-order chi connectivity index (χ1) is 14.2. The number of hydrogen-bond acceptors (Lipinski definition) is 6. The number of aromatic amines is 1. The molecule has 1 aromatic carbocycles. The third-order valence-electron chi connectivity index (χ3n) is 4.29. The number of benzene rings is 1. The maximum Gasteiger partial charge on any atom is 0.372 e. The van der Waals surface area contributed by atoms with E-state index in [9.17, 15) is 23.9 Å². The van der Waals surface area contributed by atoms with Gasteiger partial charge in [0.2, 0.25) is 11.7 Å². The standard InChI is InChI=1S/C20H23FN4O5/c1-11(2)30-20(29)16(7-6-13(26)10-24-22)25-19(28)17(27)8-12-9-23-15-5-3-4-14(21)18(12)15/h3-5,9-11,16-17,22-23,27H,6-8H2,1-2H3/p+1/t16-,17-/m0/s1. The molecule has 30 heavy (non-hydrogen) atoms. The molecule has 2 aromatic rings. The number of Topliss-reactive ketones (excluding diaryl/α,β-unsaturated/α-hetero) is 1. The number of esters is 1. The van der Waals surface area contributed by atoms with E-state index in [2.05, 4.69) is 15.1 Å². The Kier molecular flexibility index (Phi) is 7.97. The molecule has 0 bridgehead atoms. The van der Waals surface area contributed by atoms with Crippen molar-refractivity contribution in [2.45, 2.75) is 51.4 Å². The van der Waals surface area contributed by atoms with Crippen molar-refractivity contribution >= 4 is 34.8 Å². The maximum atomic E-state index is 14.1. The van der Waals surface area contributed by atoms with E-state index in [1.54, 1.807) is 26.0 Å². The van der Waals surface area contributed by atoms with E-state index in [0.717, 1.165) is 6.21 Å². The molecular weight excluding hydrogens is 395 g/mol. The lowest BCUT2D eigenvalue weighted by molar-refractivity contribution is -0.152. The number of aliphatic hydroxyl groups is 1. The molecule has 2 rings (SSSR count). The van der Waals surface area contributed by atoms with E-state index in [0.29, 0.717) is 11.1 Å². The first kappa shape index (κ1) is 22.9. The molecule has 0 saturated carbocycles. The molecule has 0 aliphatic heterocycles. The lowest BCUT2D eigenvalue weighted by atomic mass is 10.0. The summed E-state index contributed by atoms with van der Waals surface area (Å²) >= 11 is 0. The van der Waals surface area contributed by atoms with Crippen molar-refractivity contribution in [2.75, 3.05) is 0 Å². The average molecular weight is 419 g/mol. The topological polar surface area (TPSA) is 146 Å². The average Bonchev–Trinajstić information content (AvgIpc) is 3.08. The van der Waals surface area contributed by atoms with E-state index in [1.165, 1.54) is 12.3 Å². The van der Waals surface area contributed by atoms with E-state index < -0.39 is 41.7 Å². The number of ketones is 1. The maximum absolute atomic E-state index is 14.1. The van der Waals surface area contributed by atoms with Crippen LogP contribution in [0.1, 0.15) is 32.3 Å². The van der Waals surface area contributed by atoms with Gasteiger partial charge in [-0.2, -0.15) is 0 Å². The summed E-state index contributed by atoms with van der Waals surface area (Å²) in [5, 5.41) is 13.0. The predicted molar refractivity (Wildman–Crippen MR) is 104 cm³/mol. The minimum atomic E-state index is -1.55. The highest BCUT2D eigenvalue weighted by molar-refractivity contribution is 6.25. The zero-order chi connectivity index (χ0) is 22.3. The number of aromatic nitrogens is 1. The first-order valence-corrected chi connectivity index (χ1v) is 9.39. The van der Waals surface area contributed by atoms with E-state index in [4.69, 9.17) is 10.3 Å². The number of aliphatic hydroxyl groups excluding tert-OH is 1. The van der Waals surface area contributed by atoms with Crippen molar-refractivity contribution in [3.63, 3.8) is 0 Å². The Morgan fingerprint density at radius 2 is 2.10 bits per heavy atom. The molecule has 0 aliphatic rings. The van der Waals surface area contributed by atoms with Gasteiger partial charge < -0.3 is 20.1 Å². The van der Waals surface area contributed by atoms with Crippen molar-refractivity contribution in [1.82, 2.24) is 10.3 Å². The summed E-state index contributed by atoms with van der Waals surface area (Å²) in [5.74, 6) is -2.58. The lowest BCUT2D eigenvalue weighted by Crippen LogP contribution is -2.47. The van der Waals surface area contributed by atoms with Crippen molar-refractivity contribution in [2.24, 2.45) is 0 Å². The molecule has 0 fully saturated rings. The van der Waals surface area contributed by atoms with Crippen LogP contribution in [0, 0.1) is 11.3 Å². The highest BCUT2D eigenvalue weighted by atomic mass is 19.1. The Morgan fingerprint density at radius 1 is 1.37 bits per heavy atom. The first-order valence-electron chi connectivity index (χ1n) is 9.39. The number of hydrogen-bond donors (Lipinski definition) is 4. The van der Waals surface area contributed by atoms with Gasteiger partial charge in [0.25, 0.3) is 0 Å². The van der Waals surface area contributed by atoms with Crippen LogP contribution in [-0.4, -0.2) is 57.0 Å². The third kappa shape index (κ3) is 6.07. The molecule has 9 nitrogen and oxygen atoms in total. The molecule has 0 aliphatic carbocycles. The fourth-order valence-corrected chi connectivity index (χ4v) is 2.92. The van der Waals surface area contributed by atoms with Crippen LogP contribution in [0.3, 0.4) is 0 Å². The predicted octanol–water partition coefficient (Wildman–Crippen LogP) is 1.31. The third-order valence-corrected chi connectivity index (χ3v) is 4.29. The van der Waals surface area contributed by atoms with Gasteiger partial charge in [0.05, 0.1) is 16.4 Å². The number of H-pyrrole nitrogens is 1. The normalized spacial score (nSPS) is 12.8. The second kappa shape index (κ2) is 10.4. The van der Waals surface area contributed by atoms with E-state index in [1.807, 2.05) is 0 Å².